The van der Waals surface area contributed by atoms with Crippen LogP contribution in [-0.4, -0.2) is 5.78 Å². The van der Waals surface area contributed by atoms with Crippen molar-refractivity contribution in [1.29, 1.82) is 0 Å². The molecule has 2 atom stereocenters. The Balaban J connectivity index is 2.31. The van der Waals surface area contributed by atoms with E-state index in [1.165, 1.54) is 24.8 Å². The lowest BCUT2D eigenvalue weighted by molar-refractivity contribution is -0.117. The van der Waals surface area contributed by atoms with Crippen molar-refractivity contribution in [2.45, 2.75) is 59.8 Å². The minimum absolute atomic E-state index is 0.351. The predicted octanol–water partition coefficient (Wildman–Crippen LogP) is 4.13. The molecule has 1 fully saturated rings. The van der Waals surface area contributed by atoms with Crippen LogP contribution in [0.5, 0.6) is 0 Å². The summed E-state index contributed by atoms with van der Waals surface area (Å²) < 4.78 is 0. The lowest BCUT2D eigenvalue weighted by Crippen LogP contribution is -2.34. The number of carbonyl (C=O) groups is 1. The summed E-state index contributed by atoms with van der Waals surface area (Å²) >= 11 is 0. The Morgan fingerprint density at radius 1 is 1.31 bits per heavy atom. The van der Waals surface area contributed by atoms with Gasteiger partial charge in [0.2, 0.25) is 0 Å². The Morgan fingerprint density at radius 2 is 2.00 bits per heavy atom. The molecule has 0 heterocycles. The molecule has 90 valence electrons. The molecule has 0 bridgehead atoms. The van der Waals surface area contributed by atoms with E-state index in [-0.39, 0.29) is 0 Å². The number of carbonyl (C=O) groups excluding carboxylic acids is 1. The molecule has 0 unspecified atom stereocenters. The van der Waals surface area contributed by atoms with Gasteiger partial charge in [-0.15, -0.1) is 0 Å². The molecule has 0 N–H and O–H groups in total. The summed E-state index contributed by atoms with van der Waals surface area (Å²) in [4.78, 5) is 11.8. The van der Waals surface area contributed by atoms with Gasteiger partial charge >= 0.3 is 0 Å². The molecule has 0 aromatic rings. The molecule has 0 radical (unpaired) electrons. The van der Waals surface area contributed by atoms with Crippen LogP contribution in [0.3, 0.4) is 0 Å². The van der Waals surface area contributed by atoms with E-state index in [1.807, 2.05) is 0 Å². The molecule has 1 heteroatoms. The van der Waals surface area contributed by atoms with Crippen molar-refractivity contribution in [3.05, 3.63) is 11.1 Å². The Kier molecular flexibility index (Phi) is 2.98. The van der Waals surface area contributed by atoms with Gasteiger partial charge in [0, 0.05) is 6.42 Å². The minimum atomic E-state index is 0.351. The van der Waals surface area contributed by atoms with Crippen LogP contribution < -0.4 is 0 Å². The van der Waals surface area contributed by atoms with E-state index in [9.17, 15) is 4.79 Å². The Bertz CT molecular complexity index is 337. The zero-order valence-electron chi connectivity index (χ0n) is 11.1. The summed E-state index contributed by atoms with van der Waals surface area (Å²) in [5.41, 5.74) is 2.94. The molecule has 1 nitrogen and oxygen atoms in total. The topological polar surface area (TPSA) is 17.1 Å². The van der Waals surface area contributed by atoms with Gasteiger partial charge in [0.05, 0.1) is 0 Å². The Morgan fingerprint density at radius 3 is 2.62 bits per heavy atom. The summed E-state index contributed by atoms with van der Waals surface area (Å²) in [5, 5.41) is 0. The third-order valence-electron chi connectivity index (χ3n) is 4.98. The zero-order chi connectivity index (χ0) is 11.9. The molecule has 16 heavy (non-hydrogen) atoms. The van der Waals surface area contributed by atoms with Crippen LogP contribution >= 0.6 is 0 Å². The van der Waals surface area contributed by atoms with E-state index in [2.05, 4.69) is 27.7 Å². The number of allylic oxidation sites excluding steroid dienone is 2. The van der Waals surface area contributed by atoms with Gasteiger partial charge in [-0.1, -0.05) is 26.3 Å². The van der Waals surface area contributed by atoms with E-state index in [4.69, 9.17) is 0 Å². The van der Waals surface area contributed by atoms with Crippen LogP contribution in [0.4, 0.5) is 0 Å². The number of hydrogen-bond acceptors (Lipinski definition) is 1. The normalized spacial score (nSPS) is 35.6. The SMILES string of the molecule is CC1=C2C[C@H](C(C)C)CC[C@]2(C)CCC1=O. The van der Waals surface area contributed by atoms with Crippen LogP contribution in [0.1, 0.15) is 59.8 Å². The van der Waals surface area contributed by atoms with E-state index in [0.717, 1.165) is 30.3 Å². The number of ketones is 1. The van der Waals surface area contributed by atoms with Gasteiger partial charge < -0.3 is 0 Å². The van der Waals surface area contributed by atoms with Gasteiger partial charge in [-0.2, -0.15) is 0 Å². The van der Waals surface area contributed by atoms with Gasteiger partial charge in [0.15, 0.2) is 5.78 Å². The van der Waals surface area contributed by atoms with Gasteiger partial charge in [0.25, 0.3) is 0 Å². The molecular formula is C15H24O. The third kappa shape index (κ3) is 1.85. The molecule has 2 aliphatic rings. The first-order valence-electron chi connectivity index (χ1n) is 6.67. The summed E-state index contributed by atoms with van der Waals surface area (Å²) in [7, 11) is 0. The molecular weight excluding hydrogens is 196 g/mol. The first kappa shape index (κ1) is 11.9. The highest BCUT2D eigenvalue weighted by atomic mass is 16.1. The predicted molar refractivity (Wildman–Crippen MR) is 67.2 cm³/mol. The third-order valence-corrected chi connectivity index (χ3v) is 4.98. The number of fused-ring (bicyclic) bond motifs is 1. The molecule has 0 aromatic carbocycles. The largest absolute Gasteiger partial charge is 0.295 e. The van der Waals surface area contributed by atoms with E-state index >= 15 is 0 Å². The second kappa shape index (κ2) is 4.01. The molecule has 1 saturated carbocycles. The van der Waals surface area contributed by atoms with Crippen LogP contribution in [-0.2, 0) is 4.79 Å². The maximum Gasteiger partial charge on any atom is 0.158 e. The summed E-state index contributed by atoms with van der Waals surface area (Å²) in [5.74, 6) is 1.95. The Labute approximate surface area is 99.3 Å². The standard InChI is InChI=1S/C15H24O/c1-10(2)12-5-7-15(4)8-6-14(16)11(3)13(15)9-12/h10,12H,5-9H2,1-4H3/t12-,15-/m1/s1. The van der Waals surface area contributed by atoms with E-state index in [1.54, 1.807) is 0 Å². The van der Waals surface area contributed by atoms with Crippen molar-refractivity contribution in [3.8, 4) is 0 Å². The minimum Gasteiger partial charge on any atom is -0.295 e. The van der Waals surface area contributed by atoms with E-state index in [0.29, 0.717) is 11.2 Å². The van der Waals surface area contributed by atoms with Crippen LogP contribution in [0, 0.1) is 17.3 Å². The van der Waals surface area contributed by atoms with Crippen LogP contribution in [0.15, 0.2) is 11.1 Å². The fourth-order valence-electron chi connectivity index (χ4n) is 3.46. The van der Waals surface area contributed by atoms with Crippen molar-refractivity contribution in [2.75, 3.05) is 0 Å². The molecule has 0 aromatic heterocycles. The van der Waals surface area contributed by atoms with Crippen molar-refractivity contribution >= 4 is 5.78 Å². The van der Waals surface area contributed by atoms with Crippen molar-refractivity contribution in [3.63, 3.8) is 0 Å². The summed E-state index contributed by atoms with van der Waals surface area (Å²) in [6.07, 6.45) is 5.67. The number of rotatable bonds is 1. The molecule has 2 aliphatic carbocycles. The van der Waals surface area contributed by atoms with Gasteiger partial charge in [-0.25, -0.2) is 0 Å². The molecule has 2 rings (SSSR count). The van der Waals surface area contributed by atoms with Crippen molar-refractivity contribution < 1.29 is 4.79 Å². The number of hydrogen-bond donors (Lipinski definition) is 0. The van der Waals surface area contributed by atoms with Crippen molar-refractivity contribution in [1.82, 2.24) is 0 Å². The van der Waals surface area contributed by atoms with Gasteiger partial charge in [-0.05, 0) is 55.4 Å². The van der Waals surface area contributed by atoms with E-state index < -0.39 is 0 Å². The molecule has 0 aliphatic heterocycles. The second-order valence-corrected chi connectivity index (χ2v) is 6.33. The fraction of sp³-hybridized carbons (Fsp3) is 0.800. The lowest BCUT2D eigenvalue weighted by atomic mass is 9.60. The first-order valence-corrected chi connectivity index (χ1v) is 6.67. The number of Topliss-reactive ketones (excluding diaryl/α,β-unsaturated/α-hetero) is 1. The monoisotopic (exact) mass is 220 g/mol. The van der Waals surface area contributed by atoms with Crippen molar-refractivity contribution in [2.24, 2.45) is 17.3 Å². The zero-order valence-corrected chi connectivity index (χ0v) is 11.1. The highest BCUT2D eigenvalue weighted by molar-refractivity contribution is 5.96. The lowest BCUT2D eigenvalue weighted by Gasteiger charge is -2.44. The summed E-state index contributed by atoms with van der Waals surface area (Å²) in [6.45, 7) is 9.05. The highest BCUT2D eigenvalue weighted by Gasteiger charge is 2.40. The highest BCUT2D eigenvalue weighted by Crippen LogP contribution is 2.51. The molecule has 0 amide bonds. The summed E-state index contributed by atoms with van der Waals surface area (Å²) in [6, 6.07) is 0. The van der Waals surface area contributed by atoms with Crippen LogP contribution in [0.2, 0.25) is 0 Å². The maximum absolute atomic E-state index is 11.8. The smallest absolute Gasteiger partial charge is 0.158 e. The van der Waals surface area contributed by atoms with Crippen LogP contribution in [0.25, 0.3) is 0 Å². The first-order chi connectivity index (χ1) is 7.44. The molecule has 0 saturated heterocycles. The average Bonchev–Trinajstić information content (AvgIpc) is 2.24. The second-order valence-electron chi connectivity index (χ2n) is 6.33. The average molecular weight is 220 g/mol. The quantitative estimate of drug-likeness (QED) is 0.649. The van der Waals surface area contributed by atoms with Gasteiger partial charge in [0.1, 0.15) is 0 Å². The van der Waals surface area contributed by atoms with Gasteiger partial charge in [-0.3, -0.25) is 4.79 Å². The fourth-order valence-corrected chi connectivity index (χ4v) is 3.46. The maximum atomic E-state index is 11.8. The molecule has 0 spiro atoms. The Hall–Kier alpha value is -0.590.